The zero-order chi connectivity index (χ0) is 14.4. The number of ether oxygens (including phenoxy) is 1. The predicted molar refractivity (Wildman–Crippen MR) is 79.8 cm³/mol. The van der Waals surface area contributed by atoms with Gasteiger partial charge in [-0.25, -0.2) is 0 Å². The lowest BCUT2D eigenvalue weighted by molar-refractivity contribution is 0.0539. The van der Waals surface area contributed by atoms with Gasteiger partial charge in [-0.2, -0.15) is 0 Å². The minimum Gasteiger partial charge on any atom is -0.376 e. The Labute approximate surface area is 120 Å². The third-order valence-corrected chi connectivity index (χ3v) is 3.75. The van der Waals surface area contributed by atoms with Crippen LogP contribution in [0.1, 0.15) is 35.7 Å². The molecule has 0 aromatic heterocycles. The Morgan fingerprint density at radius 1 is 1.40 bits per heavy atom. The van der Waals surface area contributed by atoms with E-state index in [9.17, 15) is 4.79 Å². The summed E-state index contributed by atoms with van der Waals surface area (Å²) in [6.45, 7) is 4.87. The highest BCUT2D eigenvalue weighted by molar-refractivity contribution is 5.94. The van der Waals surface area contributed by atoms with Gasteiger partial charge in [0.2, 0.25) is 0 Å². The molecule has 0 aliphatic carbocycles. The molecule has 1 unspecified atom stereocenters. The summed E-state index contributed by atoms with van der Waals surface area (Å²) in [7, 11) is 0. The van der Waals surface area contributed by atoms with Gasteiger partial charge in [0.1, 0.15) is 0 Å². The lowest BCUT2D eigenvalue weighted by Crippen LogP contribution is -2.37. The molecule has 0 bridgehead atoms. The van der Waals surface area contributed by atoms with Crippen LogP contribution < -0.4 is 5.73 Å². The molecule has 1 aliphatic heterocycles. The molecular formula is C16H24N2O2. The Morgan fingerprint density at radius 3 is 2.70 bits per heavy atom. The summed E-state index contributed by atoms with van der Waals surface area (Å²) in [6, 6.07) is 7.76. The van der Waals surface area contributed by atoms with E-state index in [2.05, 4.69) is 0 Å². The number of carbonyl (C=O) groups is 1. The summed E-state index contributed by atoms with van der Waals surface area (Å²) < 4.78 is 5.61. The fourth-order valence-corrected chi connectivity index (χ4v) is 2.55. The lowest BCUT2D eigenvalue weighted by Gasteiger charge is -2.24. The largest absolute Gasteiger partial charge is 0.376 e. The van der Waals surface area contributed by atoms with E-state index in [0.29, 0.717) is 19.6 Å². The molecule has 1 saturated heterocycles. The highest BCUT2D eigenvalue weighted by atomic mass is 16.5. The van der Waals surface area contributed by atoms with Crippen molar-refractivity contribution in [3.8, 4) is 0 Å². The molecule has 4 nitrogen and oxygen atoms in total. The number of nitrogens with zero attached hydrogens (tertiary/aromatic N) is 1. The number of carbonyl (C=O) groups excluding carboxylic acids is 1. The van der Waals surface area contributed by atoms with Crippen molar-refractivity contribution in [2.24, 2.45) is 5.73 Å². The summed E-state index contributed by atoms with van der Waals surface area (Å²) >= 11 is 0. The number of likely N-dealkylation sites (N-methyl/N-ethyl adjacent to an activating group) is 1. The molecule has 1 aromatic carbocycles. The van der Waals surface area contributed by atoms with Crippen molar-refractivity contribution in [3.63, 3.8) is 0 Å². The second-order valence-electron chi connectivity index (χ2n) is 5.21. The van der Waals surface area contributed by atoms with Gasteiger partial charge >= 0.3 is 0 Å². The fraction of sp³-hybridized carbons (Fsp3) is 0.562. The van der Waals surface area contributed by atoms with Gasteiger partial charge in [-0.3, -0.25) is 4.79 Å². The molecule has 20 heavy (non-hydrogen) atoms. The second-order valence-corrected chi connectivity index (χ2v) is 5.21. The molecule has 2 N–H and O–H groups in total. The zero-order valence-corrected chi connectivity index (χ0v) is 12.2. The number of hydrogen-bond acceptors (Lipinski definition) is 3. The number of amides is 1. The van der Waals surface area contributed by atoms with Crippen molar-refractivity contribution < 1.29 is 9.53 Å². The van der Waals surface area contributed by atoms with E-state index >= 15 is 0 Å². The highest BCUT2D eigenvalue weighted by Crippen LogP contribution is 2.15. The third-order valence-electron chi connectivity index (χ3n) is 3.75. The maximum absolute atomic E-state index is 12.5. The lowest BCUT2D eigenvalue weighted by atomic mass is 10.1. The monoisotopic (exact) mass is 276 g/mol. The van der Waals surface area contributed by atoms with Crippen LogP contribution in [0.25, 0.3) is 0 Å². The van der Waals surface area contributed by atoms with Crippen molar-refractivity contribution in [3.05, 3.63) is 35.4 Å². The summed E-state index contributed by atoms with van der Waals surface area (Å²) in [4.78, 5) is 14.3. The average molecular weight is 276 g/mol. The van der Waals surface area contributed by atoms with Crippen LogP contribution in [0.5, 0.6) is 0 Å². The maximum Gasteiger partial charge on any atom is 0.253 e. The van der Waals surface area contributed by atoms with Crippen LogP contribution >= 0.6 is 0 Å². The van der Waals surface area contributed by atoms with Gasteiger partial charge in [0, 0.05) is 25.3 Å². The Kier molecular flexibility index (Phi) is 5.56. The zero-order valence-electron chi connectivity index (χ0n) is 12.2. The van der Waals surface area contributed by atoms with Gasteiger partial charge in [-0.1, -0.05) is 12.1 Å². The Morgan fingerprint density at radius 2 is 2.15 bits per heavy atom. The van der Waals surface area contributed by atoms with Crippen LogP contribution in [0.3, 0.4) is 0 Å². The highest BCUT2D eigenvalue weighted by Gasteiger charge is 2.22. The molecule has 1 atom stereocenters. The molecule has 110 valence electrons. The minimum atomic E-state index is 0.0855. The first-order valence-electron chi connectivity index (χ1n) is 7.44. The normalized spacial score (nSPS) is 18.2. The first-order chi connectivity index (χ1) is 9.74. The van der Waals surface area contributed by atoms with Crippen molar-refractivity contribution >= 4 is 5.91 Å². The molecule has 1 amide bonds. The Hall–Kier alpha value is -1.39. The number of rotatable bonds is 6. The summed E-state index contributed by atoms with van der Waals surface area (Å²) in [5.74, 6) is 0.0855. The SMILES string of the molecule is CCN(CC1CCCO1)C(=O)c1ccc(CCN)cc1. The Bertz CT molecular complexity index is 425. The molecule has 4 heteroatoms. The van der Waals surface area contributed by atoms with Crippen LogP contribution in [-0.2, 0) is 11.2 Å². The van der Waals surface area contributed by atoms with Gasteiger partial charge < -0.3 is 15.4 Å². The summed E-state index contributed by atoms with van der Waals surface area (Å²) in [5.41, 5.74) is 7.44. The number of hydrogen-bond donors (Lipinski definition) is 1. The van der Waals surface area contributed by atoms with Crippen LogP contribution in [0.4, 0.5) is 0 Å². The van der Waals surface area contributed by atoms with Crippen molar-refractivity contribution in [1.82, 2.24) is 4.90 Å². The van der Waals surface area contributed by atoms with Gasteiger partial charge in [-0.15, -0.1) is 0 Å². The summed E-state index contributed by atoms with van der Waals surface area (Å²) in [5, 5.41) is 0. The standard InChI is InChI=1S/C16H24N2O2/c1-2-18(12-15-4-3-11-20-15)16(19)14-7-5-13(6-8-14)9-10-17/h5-8,15H,2-4,9-12,17H2,1H3. The minimum absolute atomic E-state index is 0.0855. The van der Waals surface area contributed by atoms with Gasteiger partial charge in [0.05, 0.1) is 6.10 Å². The van der Waals surface area contributed by atoms with E-state index in [1.165, 1.54) is 5.56 Å². The van der Waals surface area contributed by atoms with Gasteiger partial charge in [0.15, 0.2) is 0 Å². The molecule has 0 saturated carbocycles. The molecule has 0 spiro atoms. The Balaban J connectivity index is 1.99. The quantitative estimate of drug-likeness (QED) is 0.862. The van der Waals surface area contributed by atoms with Crippen LogP contribution in [-0.4, -0.2) is 43.2 Å². The van der Waals surface area contributed by atoms with E-state index in [1.54, 1.807) is 0 Å². The van der Waals surface area contributed by atoms with E-state index in [-0.39, 0.29) is 12.0 Å². The molecule has 1 aromatic rings. The first kappa shape index (κ1) is 15.0. The molecule has 1 aliphatic rings. The van der Waals surface area contributed by atoms with E-state index in [1.807, 2.05) is 36.1 Å². The number of benzene rings is 1. The van der Waals surface area contributed by atoms with E-state index in [4.69, 9.17) is 10.5 Å². The molecular weight excluding hydrogens is 252 g/mol. The predicted octanol–water partition coefficient (Wildman–Crippen LogP) is 1.83. The second kappa shape index (κ2) is 7.41. The first-order valence-corrected chi connectivity index (χ1v) is 7.44. The third kappa shape index (κ3) is 3.81. The van der Waals surface area contributed by atoms with Crippen LogP contribution in [0.2, 0.25) is 0 Å². The van der Waals surface area contributed by atoms with Crippen molar-refractivity contribution in [1.29, 1.82) is 0 Å². The maximum atomic E-state index is 12.5. The van der Waals surface area contributed by atoms with Gasteiger partial charge in [-0.05, 0) is 50.4 Å². The smallest absolute Gasteiger partial charge is 0.253 e. The van der Waals surface area contributed by atoms with E-state index < -0.39 is 0 Å². The fourth-order valence-electron chi connectivity index (χ4n) is 2.55. The average Bonchev–Trinajstić information content (AvgIpc) is 2.98. The van der Waals surface area contributed by atoms with E-state index in [0.717, 1.165) is 31.4 Å². The molecule has 1 heterocycles. The summed E-state index contributed by atoms with van der Waals surface area (Å²) in [6.07, 6.45) is 3.21. The number of nitrogens with two attached hydrogens (primary N) is 1. The molecule has 0 radical (unpaired) electrons. The van der Waals surface area contributed by atoms with Crippen molar-refractivity contribution in [2.75, 3.05) is 26.2 Å². The molecule has 1 fully saturated rings. The topological polar surface area (TPSA) is 55.6 Å². The van der Waals surface area contributed by atoms with Crippen LogP contribution in [0.15, 0.2) is 24.3 Å². The van der Waals surface area contributed by atoms with Crippen LogP contribution in [0, 0.1) is 0 Å². The van der Waals surface area contributed by atoms with Crippen molar-refractivity contribution in [2.45, 2.75) is 32.3 Å². The van der Waals surface area contributed by atoms with Gasteiger partial charge in [0.25, 0.3) is 5.91 Å². The molecule has 2 rings (SSSR count).